The Kier molecular flexibility index (Phi) is 4.89. The zero-order chi connectivity index (χ0) is 14.5. The summed E-state index contributed by atoms with van der Waals surface area (Å²) in [6.07, 6.45) is 2.50. The van der Waals surface area contributed by atoms with Crippen molar-refractivity contribution in [3.63, 3.8) is 0 Å². The molecule has 0 unspecified atom stereocenters. The van der Waals surface area contributed by atoms with E-state index in [-0.39, 0.29) is 5.82 Å². The summed E-state index contributed by atoms with van der Waals surface area (Å²) in [5.74, 6) is 1.14. The maximum absolute atomic E-state index is 13.1. The fraction of sp³-hybridized carbons (Fsp3) is 0.286. The number of benzene rings is 1. The van der Waals surface area contributed by atoms with E-state index < -0.39 is 0 Å². The van der Waals surface area contributed by atoms with Crippen molar-refractivity contribution in [1.29, 1.82) is 0 Å². The summed E-state index contributed by atoms with van der Waals surface area (Å²) in [5.41, 5.74) is 1.63. The van der Waals surface area contributed by atoms with Crippen LogP contribution in [0.15, 0.2) is 29.0 Å². The molecule has 0 bridgehead atoms. The first-order valence-electron chi connectivity index (χ1n) is 6.39. The number of hydrogen-bond acceptors (Lipinski definition) is 4. The molecule has 0 radical (unpaired) electrons. The lowest BCUT2D eigenvalue weighted by Crippen LogP contribution is -2.05. The van der Waals surface area contributed by atoms with Crippen LogP contribution in [-0.2, 0) is 0 Å². The topological polar surface area (TPSA) is 49.8 Å². The third-order valence-corrected chi connectivity index (χ3v) is 3.52. The molecule has 0 aliphatic heterocycles. The third-order valence-electron chi connectivity index (χ3n) is 2.77. The van der Waals surface area contributed by atoms with E-state index in [4.69, 9.17) is 0 Å². The average Bonchev–Trinajstić information content (AvgIpc) is 2.42. The zero-order valence-electron chi connectivity index (χ0n) is 11.4. The van der Waals surface area contributed by atoms with Gasteiger partial charge in [0.25, 0.3) is 0 Å². The molecular weight excluding hydrogens is 323 g/mol. The van der Waals surface area contributed by atoms with Gasteiger partial charge in [0.2, 0.25) is 0 Å². The molecule has 0 aliphatic carbocycles. The van der Waals surface area contributed by atoms with Crippen LogP contribution in [-0.4, -0.2) is 16.5 Å². The van der Waals surface area contributed by atoms with E-state index in [1.807, 2.05) is 6.92 Å². The highest BCUT2D eigenvalue weighted by Crippen LogP contribution is 2.30. The maximum Gasteiger partial charge on any atom is 0.150 e. The van der Waals surface area contributed by atoms with Crippen molar-refractivity contribution >= 4 is 33.3 Å². The molecule has 0 aliphatic rings. The van der Waals surface area contributed by atoms with Gasteiger partial charge < -0.3 is 10.6 Å². The normalized spacial score (nSPS) is 10.4. The molecule has 0 amide bonds. The van der Waals surface area contributed by atoms with Crippen molar-refractivity contribution in [2.75, 3.05) is 17.2 Å². The van der Waals surface area contributed by atoms with Crippen LogP contribution >= 0.6 is 15.9 Å². The standard InChI is InChI=1S/C14H16BrFN4/c1-3-6-17-13-12(15)14(19-8-18-13)20-11-5-4-10(16)7-9(11)2/h4-5,7-8H,3,6H2,1-2H3,(H2,17,18,19,20). The van der Waals surface area contributed by atoms with Gasteiger partial charge in [-0.3, -0.25) is 0 Å². The number of rotatable bonds is 5. The van der Waals surface area contributed by atoms with Gasteiger partial charge in [0, 0.05) is 12.2 Å². The average molecular weight is 339 g/mol. The number of halogens is 2. The first-order chi connectivity index (χ1) is 9.61. The highest BCUT2D eigenvalue weighted by Gasteiger charge is 2.09. The second-order valence-electron chi connectivity index (χ2n) is 4.40. The van der Waals surface area contributed by atoms with Crippen molar-refractivity contribution in [1.82, 2.24) is 9.97 Å². The van der Waals surface area contributed by atoms with E-state index in [9.17, 15) is 4.39 Å². The Hall–Kier alpha value is -1.69. The minimum Gasteiger partial charge on any atom is -0.369 e. The molecular formula is C14H16BrFN4. The molecule has 4 nitrogen and oxygen atoms in total. The number of aromatic nitrogens is 2. The largest absolute Gasteiger partial charge is 0.369 e. The molecule has 0 atom stereocenters. The zero-order valence-corrected chi connectivity index (χ0v) is 13.0. The lowest BCUT2D eigenvalue weighted by molar-refractivity contribution is 0.627. The van der Waals surface area contributed by atoms with Crippen LogP contribution in [0.3, 0.4) is 0 Å². The van der Waals surface area contributed by atoms with Crippen molar-refractivity contribution in [2.45, 2.75) is 20.3 Å². The predicted octanol–water partition coefficient (Wildman–Crippen LogP) is 4.25. The molecule has 2 N–H and O–H groups in total. The summed E-state index contributed by atoms with van der Waals surface area (Å²) in [5, 5.41) is 6.39. The second-order valence-corrected chi connectivity index (χ2v) is 5.19. The minimum atomic E-state index is -0.250. The number of nitrogens with one attached hydrogen (secondary N) is 2. The molecule has 106 valence electrons. The number of aryl methyl sites for hydroxylation is 1. The SMILES string of the molecule is CCCNc1ncnc(Nc2ccc(F)cc2C)c1Br. The van der Waals surface area contributed by atoms with E-state index in [1.54, 1.807) is 6.07 Å². The summed E-state index contributed by atoms with van der Waals surface area (Å²) in [4.78, 5) is 8.39. The summed E-state index contributed by atoms with van der Waals surface area (Å²) in [6.45, 7) is 4.77. The number of hydrogen-bond donors (Lipinski definition) is 2. The van der Waals surface area contributed by atoms with Crippen molar-refractivity contribution in [3.8, 4) is 0 Å². The molecule has 1 aromatic heterocycles. The molecule has 0 fully saturated rings. The Bertz CT molecular complexity index is 604. The number of anilines is 3. The highest BCUT2D eigenvalue weighted by molar-refractivity contribution is 9.10. The molecule has 1 heterocycles. The molecule has 2 aromatic rings. The highest BCUT2D eigenvalue weighted by atomic mass is 79.9. The Morgan fingerprint density at radius 1 is 1.25 bits per heavy atom. The van der Waals surface area contributed by atoms with Crippen LogP contribution in [0.4, 0.5) is 21.7 Å². The summed E-state index contributed by atoms with van der Waals surface area (Å²) < 4.78 is 13.9. The van der Waals surface area contributed by atoms with E-state index >= 15 is 0 Å². The van der Waals surface area contributed by atoms with E-state index in [0.29, 0.717) is 5.82 Å². The van der Waals surface area contributed by atoms with Gasteiger partial charge >= 0.3 is 0 Å². The Labute approximate surface area is 126 Å². The van der Waals surface area contributed by atoms with Crippen LogP contribution in [0.5, 0.6) is 0 Å². The van der Waals surface area contributed by atoms with Gasteiger partial charge in [0.05, 0.1) is 0 Å². The number of nitrogens with zero attached hydrogens (tertiary/aromatic N) is 2. The van der Waals surface area contributed by atoms with Gasteiger partial charge in [0.1, 0.15) is 28.3 Å². The molecule has 2 rings (SSSR count). The van der Waals surface area contributed by atoms with Crippen molar-refractivity contribution < 1.29 is 4.39 Å². The van der Waals surface area contributed by atoms with Gasteiger partial charge in [-0.25, -0.2) is 14.4 Å². The summed E-state index contributed by atoms with van der Waals surface area (Å²) in [7, 11) is 0. The van der Waals surface area contributed by atoms with Crippen LogP contribution in [0.25, 0.3) is 0 Å². The first kappa shape index (κ1) is 14.7. The van der Waals surface area contributed by atoms with Crippen molar-refractivity contribution in [3.05, 3.63) is 40.4 Å². The Morgan fingerprint density at radius 3 is 2.70 bits per heavy atom. The first-order valence-corrected chi connectivity index (χ1v) is 7.18. The monoisotopic (exact) mass is 338 g/mol. The Balaban J connectivity index is 2.24. The molecule has 0 saturated carbocycles. The van der Waals surface area contributed by atoms with Crippen molar-refractivity contribution in [2.24, 2.45) is 0 Å². The van der Waals surface area contributed by atoms with Crippen LogP contribution < -0.4 is 10.6 Å². The van der Waals surface area contributed by atoms with Crippen LogP contribution in [0.2, 0.25) is 0 Å². The fourth-order valence-corrected chi connectivity index (χ4v) is 2.16. The van der Waals surface area contributed by atoms with Gasteiger partial charge in [-0.05, 0) is 53.0 Å². The minimum absolute atomic E-state index is 0.250. The predicted molar refractivity (Wildman–Crippen MR) is 82.9 cm³/mol. The molecule has 6 heteroatoms. The molecule has 20 heavy (non-hydrogen) atoms. The van der Waals surface area contributed by atoms with Gasteiger partial charge in [-0.1, -0.05) is 6.92 Å². The van der Waals surface area contributed by atoms with Gasteiger partial charge in [0.15, 0.2) is 0 Å². The summed E-state index contributed by atoms with van der Waals surface area (Å²) >= 11 is 3.48. The Morgan fingerprint density at radius 2 is 2.00 bits per heavy atom. The fourth-order valence-electron chi connectivity index (χ4n) is 1.72. The maximum atomic E-state index is 13.1. The smallest absolute Gasteiger partial charge is 0.150 e. The van der Waals surface area contributed by atoms with E-state index in [0.717, 1.165) is 34.5 Å². The molecule has 1 aromatic carbocycles. The lowest BCUT2D eigenvalue weighted by Gasteiger charge is -2.12. The van der Waals surface area contributed by atoms with E-state index in [2.05, 4.69) is 43.5 Å². The summed E-state index contributed by atoms with van der Waals surface area (Å²) in [6, 6.07) is 4.59. The molecule has 0 saturated heterocycles. The van der Waals surface area contributed by atoms with Crippen LogP contribution in [0.1, 0.15) is 18.9 Å². The molecule has 0 spiro atoms. The lowest BCUT2D eigenvalue weighted by atomic mass is 10.2. The van der Waals surface area contributed by atoms with Gasteiger partial charge in [-0.2, -0.15) is 0 Å². The van der Waals surface area contributed by atoms with E-state index in [1.165, 1.54) is 18.5 Å². The third kappa shape index (κ3) is 3.45. The quantitative estimate of drug-likeness (QED) is 0.855. The second kappa shape index (κ2) is 6.65. The van der Waals surface area contributed by atoms with Gasteiger partial charge in [-0.15, -0.1) is 0 Å². The van der Waals surface area contributed by atoms with Crippen LogP contribution in [0, 0.1) is 12.7 Å².